The number of carbonyl (C=O) groups excluding carboxylic acids is 1. The number of rotatable bonds is 10. The van der Waals surface area contributed by atoms with Gasteiger partial charge in [-0.15, -0.1) is 0 Å². The van der Waals surface area contributed by atoms with Gasteiger partial charge in [-0.2, -0.15) is 5.26 Å². The zero-order valence-corrected chi connectivity index (χ0v) is 21.0. The van der Waals surface area contributed by atoms with Crippen molar-refractivity contribution in [2.75, 3.05) is 13.2 Å². The van der Waals surface area contributed by atoms with Crippen LogP contribution in [0.5, 0.6) is 23.0 Å². The van der Waals surface area contributed by atoms with Crippen LogP contribution in [0.2, 0.25) is 0 Å². The first-order valence-corrected chi connectivity index (χ1v) is 12.4. The molecular formula is C30H30N2O5. The molecule has 7 nitrogen and oxygen atoms in total. The Kier molecular flexibility index (Phi) is 8.32. The molecule has 1 unspecified atom stereocenters. The number of nitrogens with zero attached hydrogens (tertiary/aromatic N) is 1. The lowest BCUT2D eigenvalue weighted by Gasteiger charge is -2.26. The predicted octanol–water partition coefficient (Wildman–Crippen LogP) is 6.09. The van der Waals surface area contributed by atoms with Crippen LogP contribution in [0.3, 0.4) is 0 Å². The van der Waals surface area contributed by atoms with Gasteiger partial charge in [-0.05, 0) is 61.4 Å². The average Bonchev–Trinajstić information content (AvgIpc) is 2.91. The van der Waals surface area contributed by atoms with Crippen LogP contribution < -0.4 is 24.7 Å². The molecule has 7 heteroatoms. The minimum atomic E-state index is -0.502. The van der Waals surface area contributed by atoms with Crippen molar-refractivity contribution in [1.29, 1.82) is 5.26 Å². The maximum Gasteiger partial charge on any atom is 0.343 e. The fourth-order valence-corrected chi connectivity index (χ4v) is 4.16. The number of nitriles is 1. The Morgan fingerprint density at radius 1 is 0.946 bits per heavy atom. The summed E-state index contributed by atoms with van der Waals surface area (Å²) < 4.78 is 22.6. The van der Waals surface area contributed by atoms with Gasteiger partial charge in [0.1, 0.15) is 34.6 Å². The van der Waals surface area contributed by atoms with E-state index >= 15 is 0 Å². The number of benzene rings is 3. The van der Waals surface area contributed by atoms with Gasteiger partial charge >= 0.3 is 5.97 Å². The van der Waals surface area contributed by atoms with Crippen molar-refractivity contribution >= 4 is 5.97 Å². The van der Waals surface area contributed by atoms with E-state index in [0.29, 0.717) is 41.6 Å². The monoisotopic (exact) mass is 498 g/mol. The van der Waals surface area contributed by atoms with Gasteiger partial charge in [-0.3, -0.25) is 0 Å². The molecule has 1 aliphatic heterocycles. The molecule has 0 spiro atoms. The number of esters is 1. The van der Waals surface area contributed by atoms with Gasteiger partial charge in [-0.1, -0.05) is 38.0 Å². The van der Waals surface area contributed by atoms with Crippen LogP contribution in [0.25, 0.3) is 0 Å². The number of carbonyl (C=O) groups is 1. The standard InChI is InChI=1S/C30H30N2O5/c1-3-5-6-17-35-23-13-9-21(10-14-23)30(33)36-24-15-16-25-27(18-24)37-29(32)26(19-31)28(25)20-7-11-22(12-8-20)34-4-2/h7-16,18,28H,3-6,17,32H2,1-2H3. The molecule has 0 saturated heterocycles. The molecule has 0 bridgehead atoms. The summed E-state index contributed by atoms with van der Waals surface area (Å²) >= 11 is 0. The summed E-state index contributed by atoms with van der Waals surface area (Å²) in [4.78, 5) is 12.7. The largest absolute Gasteiger partial charge is 0.494 e. The van der Waals surface area contributed by atoms with E-state index < -0.39 is 11.9 Å². The molecule has 3 aromatic rings. The maximum absolute atomic E-state index is 12.7. The lowest BCUT2D eigenvalue weighted by atomic mass is 9.83. The normalized spacial score (nSPS) is 14.2. The number of fused-ring (bicyclic) bond motifs is 1. The zero-order valence-electron chi connectivity index (χ0n) is 21.0. The minimum Gasteiger partial charge on any atom is -0.494 e. The van der Waals surface area contributed by atoms with Crippen molar-refractivity contribution in [1.82, 2.24) is 0 Å². The molecule has 0 fully saturated rings. The highest BCUT2D eigenvalue weighted by Gasteiger charge is 2.31. The highest BCUT2D eigenvalue weighted by molar-refractivity contribution is 5.91. The first-order valence-electron chi connectivity index (χ1n) is 12.4. The van der Waals surface area contributed by atoms with Gasteiger partial charge in [0.15, 0.2) is 0 Å². The SMILES string of the molecule is CCCCCOc1ccc(C(=O)Oc2ccc3c(c2)OC(N)=C(C#N)C3c2ccc(OCC)cc2)cc1. The molecule has 0 radical (unpaired) electrons. The van der Waals surface area contributed by atoms with E-state index in [4.69, 9.17) is 24.7 Å². The molecule has 0 aromatic heterocycles. The highest BCUT2D eigenvalue weighted by atomic mass is 16.5. The summed E-state index contributed by atoms with van der Waals surface area (Å²) in [5, 5.41) is 9.78. The van der Waals surface area contributed by atoms with Gasteiger partial charge in [0, 0.05) is 11.6 Å². The molecule has 190 valence electrons. The average molecular weight is 499 g/mol. The van der Waals surface area contributed by atoms with Gasteiger partial charge in [0.05, 0.1) is 24.7 Å². The van der Waals surface area contributed by atoms with Gasteiger partial charge in [0.2, 0.25) is 5.88 Å². The van der Waals surface area contributed by atoms with Crippen LogP contribution in [0.1, 0.15) is 60.5 Å². The van der Waals surface area contributed by atoms with E-state index in [0.717, 1.165) is 36.1 Å². The number of allylic oxidation sites excluding steroid dienone is 1. The van der Waals surface area contributed by atoms with E-state index in [1.807, 2.05) is 31.2 Å². The molecule has 0 aliphatic carbocycles. The number of ether oxygens (including phenoxy) is 4. The summed E-state index contributed by atoms with van der Waals surface area (Å²) in [6.07, 6.45) is 3.25. The Hall–Kier alpha value is -4.44. The fourth-order valence-electron chi connectivity index (χ4n) is 4.16. The van der Waals surface area contributed by atoms with Crippen molar-refractivity contribution in [2.45, 2.75) is 39.0 Å². The smallest absolute Gasteiger partial charge is 0.343 e. The second-order valence-corrected chi connectivity index (χ2v) is 8.60. The summed E-state index contributed by atoms with van der Waals surface area (Å²) in [5.74, 6) is 1.29. The summed E-state index contributed by atoms with van der Waals surface area (Å²) in [6, 6.07) is 21.7. The summed E-state index contributed by atoms with van der Waals surface area (Å²) in [5.41, 5.74) is 8.45. The van der Waals surface area contributed by atoms with Gasteiger partial charge in [0.25, 0.3) is 0 Å². The van der Waals surface area contributed by atoms with Crippen LogP contribution in [-0.4, -0.2) is 19.2 Å². The van der Waals surface area contributed by atoms with Gasteiger partial charge < -0.3 is 24.7 Å². The highest BCUT2D eigenvalue weighted by Crippen LogP contribution is 2.43. The summed E-state index contributed by atoms with van der Waals surface area (Å²) in [7, 11) is 0. The van der Waals surface area contributed by atoms with Crippen LogP contribution in [-0.2, 0) is 0 Å². The van der Waals surface area contributed by atoms with E-state index in [1.165, 1.54) is 0 Å². The predicted molar refractivity (Wildman–Crippen MR) is 140 cm³/mol. The molecule has 4 rings (SSSR count). The van der Waals surface area contributed by atoms with Crippen molar-refractivity contribution in [3.63, 3.8) is 0 Å². The quantitative estimate of drug-likeness (QED) is 0.205. The number of hydrogen-bond donors (Lipinski definition) is 1. The fraction of sp³-hybridized carbons (Fsp3) is 0.267. The van der Waals surface area contributed by atoms with Crippen LogP contribution in [0, 0.1) is 11.3 Å². The third-order valence-electron chi connectivity index (χ3n) is 6.03. The van der Waals surface area contributed by atoms with Crippen LogP contribution in [0.4, 0.5) is 0 Å². The Labute approximate surface area is 217 Å². The molecule has 37 heavy (non-hydrogen) atoms. The molecule has 3 aromatic carbocycles. The van der Waals surface area contributed by atoms with Crippen molar-refractivity contribution < 1.29 is 23.7 Å². The first-order chi connectivity index (χ1) is 18.0. The second-order valence-electron chi connectivity index (χ2n) is 8.60. The Balaban J connectivity index is 1.51. The molecule has 0 saturated carbocycles. The van der Waals surface area contributed by atoms with Crippen molar-refractivity contribution in [3.05, 3.63) is 94.9 Å². The number of hydrogen-bond acceptors (Lipinski definition) is 7. The Bertz CT molecular complexity index is 1310. The Morgan fingerprint density at radius 3 is 2.30 bits per heavy atom. The lowest BCUT2D eigenvalue weighted by molar-refractivity contribution is 0.0734. The zero-order chi connectivity index (χ0) is 26.2. The molecule has 1 heterocycles. The lowest BCUT2D eigenvalue weighted by Crippen LogP contribution is -2.21. The van der Waals surface area contributed by atoms with E-state index in [1.54, 1.807) is 42.5 Å². The van der Waals surface area contributed by atoms with Crippen molar-refractivity contribution in [3.8, 4) is 29.1 Å². The summed E-state index contributed by atoms with van der Waals surface area (Å²) in [6.45, 7) is 5.28. The molecule has 1 aliphatic rings. The molecule has 0 amide bonds. The molecule has 2 N–H and O–H groups in total. The van der Waals surface area contributed by atoms with Crippen LogP contribution in [0.15, 0.2) is 78.2 Å². The van der Waals surface area contributed by atoms with E-state index in [-0.39, 0.29) is 5.88 Å². The van der Waals surface area contributed by atoms with Crippen LogP contribution >= 0.6 is 0 Å². The number of unbranched alkanes of at least 4 members (excludes halogenated alkanes) is 2. The van der Waals surface area contributed by atoms with E-state index in [2.05, 4.69) is 13.0 Å². The Morgan fingerprint density at radius 2 is 1.62 bits per heavy atom. The third-order valence-corrected chi connectivity index (χ3v) is 6.03. The van der Waals surface area contributed by atoms with E-state index in [9.17, 15) is 10.1 Å². The number of nitrogens with two attached hydrogens (primary N) is 1. The minimum absolute atomic E-state index is 0.0203. The van der Waals surface area contributed by atoms with Gasteiger partial charge in [-0.25, -0.2) is 4.79 Å². The maximum atomic E-state index is 12.7. The molecule has 1 atom stereocenters. The topological polar surface area (TPSA) is 104 Å². The second kappa shape index (κ2) is 12.0. The first kappa shape index (κ1) is 25.6. The molecular weight excluding hydrogens is 468 g/mol. The third kappa shape index (κ3) is 6.04. The van der Waals surface area contributed by atoms with Crippen molar-refractivity contribution in [2.24, 2.45) is 5.73 Å².